The molecular weight excluding hydrogens is 499 g/mol. The van der Waals surface area contributed by atoms with Crippen molar-refractivity contribution in [2.75, 3.05) is 32.8 Å². The first-order valence-corrected chi connectivity index (χ1v) is 14.3. The molecule has 176 valence electrons. The molecular formula is C26H43IN2O2. The third kappa shape index (κ3) is 7.36. The Kier molecular flexibility index (Phi) is 9.88. The molecule has 2 aliphatic carbocycles. The van der Waals surface area contributed by atoms with Crippen LogP contribution in [0.4, 0.5) is 0 Å². The number of halogens is 1. The minimum Gasteiger partial charge on any atom is -0.494 e. The molecule has 2 unspecified atom stereocenters. The first-order chi connectivity index (χ1) is 15.3. The lowest BCUT2D eigenvalue weighted by Gasteiger charge is -2.38. The Bertz CT molecular complexity index is 594. The summed E-state index contributed by atoms with van der Waals surface area (Å²) in [4.78, 5) is 2.51. The predicted molar refractivity (Wildman–Crippen MR) is 137 cm³/mol. The molecule has 4 aliphatic rings. The van der Waals surface area contributed by atoms with Crippen molar-refractivity contribution in [1.29, 1.82) is 0 Å². The maximum Gasteiger partial charge on any atom is 0.103 e. The Morgan fingerprint density at radius 2 is 1.55 bits per heavy atom. The Balaban J connectivity index is 1.51. The van der Waals surface area contributed by atoms with Gasteiger partial charge in [0.2, 0.25) is 0 Å². The van der Waals surface area contributed by atoms with Crippen LogP contribution in [0, 0.1) is 5.92 Å². The zero-order chi connectivity index (χ0) is 21.3. The average Bonchev–Trinajstić information content (AvgIpc) is 2.82. The number of hydrogen-bond acceptors (Lipinski definition) is 4. The molecule has 31 heavy (non-hydrogen) atoms. The van der Waals surface area contributed by atoms with E-state index in [1.165, 1.54) is 94.9 Å². The fourth-order valence-electron chi connectivity index (χ4n) is 5.59. The number of hydrogen-bond donors (Lipinski definition) is 1. The van der Waals surface area contributed by atoms with Crippen molar-refractivity contribution in [3.05, 3.63) is 23.6 Å². The summed E-state index contributed by atoms with van der Waals surface area (Å²) in [5.74, 6) is 1.76. The third-order valence-electron chi connectivity index (χ3n) is 7.54. The minimum absolute atomic E-state index is 0.402. The van der Waals surface area contributed by atoms with Gasteiger partial charge in [-0.2, -0.15) is 0 Å². The summed E-state index contributed by atoms with van der Waals surface area (Å²) in [6, 6.07) is 0.402. The second-order valence-corrected chi connectivity index (χ2v) is 11.7. The largest absolute Gasteiger partial charge is 0.494 e. The van der Waals surface area contributed by atoms with Gasteiger partial charge in [-0.05, 0) is 57.2 Å². The second-order valence-electron chi connectivity index (χ2n) is 9.93. The number of allylic oxidation sites excluding steroid dienone is 1. The molecule has 4 nitrogen and oxygen atoms in total. The first-order valence-electron chi connectivity index (χ1n) is 13.1. The van der Waals surface area contributed by atoms with Gasteiger partial charge in [0.15, 0.2) is 0 Å². The van der Waals surface area contributed by atoms with Gasteiger partial charge in [-0.25, -0.2) is 0 Å². The maximum absolute atomic E-state index is 6.84. The summed E-state index contributed by atoms with van der Waals surface area (Å²) in [6.07, 6.45) is 22.6. The van der Waals surface area contributed by atoms with Crippen molar-refractivity contribution in [3.8, 4) is 0 Å². The van der Waals surface area contributed by atoms with E-state index in [4.69, 9.17) is 9.47 Å². The zero-order valence-corrected chi connectivity index (χ0v) is 21.5. The standard InChI is InChI=1S/C26H43IN2O2/c27-21-10-12-23(13-11-21)31-26-20-22(29-15-17-30-18-16-29)19-25-24(26)9-7-5-3-1-2-4-6-8-14-28-25/h19-21,23-25,28H,1-18H2/t21-,23+,24?,25?. The smallest absolute Gasteiger partial charge is 0.103 e. The molecule has 2 aliphatic heterocycles. The summed E-state index contributed by atoms with van der Waals surface area (Å²) in [7, 11) is 0. The second kappa shape index (κ2) is 12.8. The number of nitrogens with zero attached hydrogens (tertiary/aromatic N) is 1. The van der Waals surface area contributed by atoms with Gasteiger partial charge in [0.05, 0.1) is 19.3 Å². The highest BCUT2D eigenvalue weighted by molar-refractivity contribution is 14.1. The molecule has 5 heteroatoms. The predicted octanol–water partition coefficient (Wildman–Crippen LogP) is 5.96. The molecule has 1 saturated carbocycles. The summed E-state index contributed by atoms with van der Waals surface area (Å²) in [5, 5.41) is 3.95. The number of ether oxygens (including phenoxy) is 2. The van der Waals surface area contributed by atoms with Gasteiger partial charge in [0, 0.05) is 34.7 Å². The Morgan fingerprint density at radius 3 is 2.29 bits per heavy atom. The topological polar surface area (TPSA) is 33.7 Å². The van der Waals surface area contributed by atoms with E-state index in [1.807, 2.05) is 0 Å². The number of rotatable bonds is 3. The van der Waals surface area contributed by atoms with Crippen molar-refractivity contribution in [2.45, 2.75) is 99.5 Å². The lowest BCUT2D eigenvalue weighted by Crippen LogP contribution is -2.43. The van der Waals surface area contributed by atoms with E-state index in [0.717, 1.165) is 36.8 Å². The van der Waals surface area contributed by atoms with Crippen molar-refractivity contribution in [2.24, 2.45) is 5.92 Å². The van der Waals surface area contributed by atoms with Crippen molar-refractivity contribution < 1.29 is 9.47 Å². The number of nitrogens with one attached hydrogen (secondary N) is 1. The van der Waals surface area contributed by atoms with Crippen LogP contribution in [0.5, 0.6) is 0 Å². The van der Waals surface area contributed by atoms with Gasteiger partial charge in [-0.15, -0.1) is 0 Å². The summed E-state index contributed by atoms with van der Waals surface area (Å²) >= 11 is 2.62. The van der Waals surface area contributed by atoms with Crippen LogP contribution in [0.25, 0.3) is 0 Å². The lowest BCUT2D eigenvalue weighted by molar-refractivity contribution is 0.0467. The maximum atomic E-state index is 6.84. The fourth-order valence-corrected chi connectivity index (χ4v) is 6.31. The number of alkyl halides is 1. The Hall–Kier alpha value is -0.270. The molecule has 0 bridgehead atoms. The van der Waals surface area contributed by atoms with Crippen LogP contribution in [-0.2, 0) is 9.47 Å². The van der Waals surface area contributed by atoms with E-state index >= 15 is 0 Å². The zero-order valence-electron chi connectivity index (χ0n) is 19.3. The van der Waals surface area contributed by atoms with Gasteiger partial charge >= 0.3 is 0 Å². The molecule has 0 amide bonds. The monoisotopic (exact) mass is 542 g/mol. The van der Waals surface area contributed by atoms with E-state index < -0.39 is 0 Å². The quantitative estimate of drug-likeness (QED) is 0.353. The van der Waals surface area contributed by atoms with E-state index in [1.54, 1.807) is 0 Å². The normalized spacial score (nSPS) is 34.3. The van der Waals surface area contributed by atoms with Crippen molar-refractivity contribution in [3.63, 3.8) is 0 Å². The number of morpholine rings is 1. The minimum atomic E-state index is 0.402. The van der Waals surface area contributed by atoms with E-state index in [2.05, 4.69) is 45.0 Å². The van der Waals surface area contributed by atoms with Crippen molar-refractivity contribution in [1.82, 2.24) is 10.2 Å². The Labute approximate surface area is 203 Å². The van der Waals surface area contributed by atoms with Crippen LogP contribution < -0.4 is 5.32 Å². The molecule has 0 spiro atoms. The molecule has 2 heterocycles. The van der Waals surface area contributed by atoms with Gasteiger partial charge in [0.25, 0.3) is 0 Å². The van der Waals surface area contributed by atoms with Gasteiger partial charge in [-0.1, -0.05) is 67.5 Å². The summed E-state index contributed by atoms with van der Waals surface area (Å²) < 4.78 is 13.3. The molecule has 0 aromatic carbocycles. The van der Waals surface area contributed by atoms with Gasteiger partial charge < -0.3 is 19.7 Å². The van der Waals surface area contributed by atoms with E-state index in [-0.39, 0.29) is 0 Å². The highest BCUT2D eigenvalue weighted by atomic mass is 127. The lowest BCUT2D eigenvalue weighted by atomic mass is 9.86. The highest BCUT2D eigenvalue weighted by Gasteiger charge is 2.32. The first kappa shape index (κ1) is 23.9. The molecule has 0 aromatic heterocycles. The van der Waals surface area contributed by atoms with E-state index in [0.29, 0.717) is 18.1 Å². The van der Waals surface area contributed by atoms with Crippen molar-refractivity contribution >= 4 is 22.6 Å². The third-order valence-corrected chi connectivity index (χ3v) is 8.79. The van der Waals surface area contributed by atoms with Crippen LogP contribution in [0.1, 0.15) is 83.5 Å². The molecule has 4 rings (SSSR count). The molecule has 0 radical (unpaired) electrons. The molecule has 2 saturated heterocycles. The van der Waals surface area contributed by atoms with Gasteiger partial charge in [-0.3, -0.25) is 0 Å². The van der Waals surface area contributed by atoms with Crippen LogP contribution in [-0.4, -0.2) is 53.8 Å². The SMILES string of the molecule is I[C@H]1CC[C@@H](OC2=CC(N3CCOCC3)=CC3NCCCCCCCCCCC23)CC1. The molecule has 2 atom stereocenters. The van der Waals surface area contributed by atoms with Gasteiger partial charge in [0.1, 0.15) is 5.76 Å². The number of fused-ring (bicyclic) bond motifs is 1. The summed E-state index contributed by atoms with van der Waals surface area (Å²) in [6.45, 7) is 4.78. The van der Waals surface area contributed by atoms with Crippen LogP contribution in [0.2, 0.25) is 0 Å². The molecule has 1 N–H and O–H groups in total. The summed E-state index contributed by atoms with van der Waals surface area (Å²) in [5.41, 5.74) is 1.36. The fraction of sp³-hybridized carbons (Fsp3) is 0.846. The van der Waals surface area contributed by atoms with Crippen LogP contribution in [0.15, 0.2) is 23.6 Å². The Morgan fingerprint density at radius 1 is 0.871 bits per heavy atom. The van der Waals surface area contributed by atoms with Crippen LogP contribution in [0.3, 0.4) is 0 Å². The van der Waals surface area contributed by atoms with Crippen LogP contribution >= 0.6 is 22.6 Å². The van der Waals surface area contributed by atoms with E-state index in [9.17, 15) is 0 Å². The highest BCUT2D eigenvalue weighted by Crippen LogP contribution is 2.35. The average molecular weight is 543 g/mol. The molecule has 0 aromatic rings. The molecule has 3 fully saturated rings.